The van der Waals surface area contributed by atoms with Gasteiger partial charge in [0.25, 0.3) is 0 Å². The van der Waals surface area contributed by atoms with Gasteiger partial charge in [-0.1, -0.05) is 58.4 Å². The van der Waals surface area contributed by atoms with E-state index in [-0.39, 0.29) is 0 Å². The molecule has 0 aliphatic heterocycles. The molecular weight excluding hydrogens is 300 g/mol. The summed E-state index contributed by atoms with van der Waals surface area (Å²) in [6, 6.07) is 18.3. The average Bonchev–Trinajstić information content (AvgIpc) is 2.40. The number of aliphatic hydroxyl groups is 1. The van der Waals surface area contributed by atoms with E-state index in [4.69, 9.17) is 0 Å². The van der Waals surface area contributed by atoms with Crippen molar-refractivity contribution in [3.05, 3.63) is 70.2 Å². The van der Waals surface area contributed by atoms with Gasteiger partial charge in [0, 0.05) is 4.47 Å². The molecule has 0 aliphatic carbocycles. The fourth-order valence-corrected chi connectivity index (χ4v) is 2.50. The summed E-state index contributed by atoms with van der Waals surface area (Å²) in [5.41, 5.74) is 1.55. The Kier molecular flexibility index (Phi) is 4.78. The molecule has 2 aromatic carbocycles. The first-order valence-corrected chi connectivity index (χ1v) is 7.39. The van der Waals surface area contributed by atoms with E-state index >= 15 is 0 Å². The van der Waals surface area contributed by atoms with E-state index in [0.717, 1.165) is 29.3 Å². The Labute approximate surface area is 123 Å². The fraction of sp³-hybridized carbons (Fsp3) is 0.294. The topological polar surface area (TPSA) is 20.2 Å². The molecule has 2 heteroatoms. The molecule has 0 saturated carbocycles. The molecule has 0 amide bonds. The van der Waals surface area contributed by atoms with Gasteiger partial charge in [0.2, 0.25) is 0 Å². The highest BCUT2D eigenvalue weighted by Gasteiger charge is 2.22. The SMILES string of the molecule is CC(O)(CCCc1ccccc1)c1ccc(Br)cc1. The van der Waals surface area contributed by atoms with Crippen LogP contribution in [0.15, 0.2) is 59.1 Å². The van der Waals surface area contributed by atoms with Gasteiger partial charge >= 0.3 is 0 Å². The second kappa shape index (κ2) is 6.36. The standard InChI is InChI=1S/C17H19BrO/c1-17(19,15-9-11-16(18)12-10-15)13-5-8-14-6-3-2-4-7-14/h2-4,6-7,9-12,19H,5,8,13H2,1H3. The monoisotopic (exact) mass is 318 g/mol. The van der Waals surface area contributed by atoms with Crippen LogP contribution < -0.4 is 0 Å². The van der Waals surface area contributed by atoms with E-state index in [1.807, 2.05) is 37.3 Å². The summed E-state index contributed by atoms with van der Waals surface area (Å²) in [6.45, 7) is 1.89. The Morgan fingerprint density at radius 2 is 1.63 bits per heavy atom. The Balaban J connectivity index is 1.92. The van der Waals surface area contributed by atoms with Crippen molar-refractivity contribution in [3.63, 3.8) is 0 Å². The van der Waals surface area contributed by atoms with Crippen molar-refractivity contribution in [2.24, 2.45) is 0 Å². The van der Waals surface area contributed by atoms with Crippen molar-refractivity contribution < 1.29 is 5.11 Å². The Morgan fingerprint density at radius 3 is 2.26 bits per heavy atom. The molecule has 0 bridgehead atoms. The quantitative estimate of drug-likeness (QED) is 0.848. The van der Waals surface area contributed by atoms with Gasteiger partial charge in [0.1, 0.15) is 0 Å². The molecule has 0 aliphatic rings. The molecule has 0 aromatic heterocycles. The van der Waals surface area contributed by atoms with Crippen molar-refractivity contribution in [1.82, 2.24) is 0 Å². The molecule has 2 aromatic rings. The molecule has 0 fully saturated rings. The van der Waals surface area contributed by atoms with Gasteiger partial charge in [0.05, 0.1) is 5.60 Å². The fourth-order valence-electron chi connectivity index (χ4n) is 2.23. The number of hydrogen-bond acceptors (Lipinski definition) is 1. The number of aryl methyl sites for hydroxylation is 1. The molecule has 0 saturated heterocycles. The molecule has 1 atom stereocenters. The molecule has 0 spiro atoms. The minimum Gasteiger partial charge on any atom is -0.385 e. The predicted octanol–water partition coefficient (Wildman–Crippen LogP) is 4.68. The largest absolute Gasteiger partial charge is 0.385 e. The molecule has 0 radical (unpaired) electrons. The van der Waals surface area contributed by atoms with Crippen molar-refractivity contribution in [1.29, 1.82) is 0 Å². The Morgan fingerprint density at radius 1 is 1.00 bits per heavy atom. The molecule has 0 heterocycles. The molecule has 100 valence electrons. The van der Waals surface area contributed by atoms with Crippen LogP contribution in [0.25, 0.3) is 0 Å². The second-order valence-electron chi connectivity index (χ2n) is 5.12. The van der Waals surface area contributed by atoms with Gasteiger partial charge in [-0.25, -0.2) is 0 Å². The van der Waals surface area contributed by atoms with Crippen molar-refractivity contribution >= 4 is 15.9 Å². The summed E-state index contributed by atoms with van der Waals surface area (Å²) in [7, 11) is 0. The van der Waals surface area contributed by atoms with E-state index in [2.05, 4.69) is 40.2 Å². The van der Waals surface area contributed by atoms with Crippen LogP contribution in [-0.2, 0) is 12.0 Å². The summed E-state index contributed by atoms with van der Waals surface area (Å²) in [6.07, 6.45) is 2.75. The minimum atomic E-state index is -0.754. The van der Waals surface area contributed by atoms with Crippen LogP contribution in [0.2, 0.25) is 0 Å². The molecule has 1 unspecified atom stereocenters. The zero-order chi connectivity index (χ0) is 13.7. The highest BCUT2D eigenvalue weighted by Crippen LogP contribution is 2.27. The van der Waals surface area contributed by atoms with Crippen molar-refractivity contribution in [3.8, 4) is 0 Å². The third kappa shape index (κ3) is 4.19. The number of benzene rings is 2. The maximum Gasteiger partial charge on any atom is 0.0868 e. The lowest BCUT2D eigenvalue weighted by atomic mass is 9.90. The van der Waals surface area contributed by atoms with E-state index in [0.29, 0.717) is 0 Å². The predicted molar refractivity (Wildman–Crippen MR) is 83.1 cm³/mol. The minimum absolute atomic E-state index is 0.754. The third-order valence-electron chi connectivity index (χ3n) is 3.44. The van der Waals surface area contributed by atoms with E-state index in [1.165, 1.54) is 5.56 Å². The van der Waals surface area contributed by atoms with Gasteiger partial charge in [-0.15, -0.1) is 0 Å². The third-order valence-corrected chi connectivity index (χ3v) is 3.97. The zero-order valence-electron chi connectivity index (χ0n) is 11.1. The van der Waals surface area contributed by atoms with Crippen LogP contribution in [0, 0.1) is 0 Å². The first kappa shape index (κ1) is 14.3. The van der Waals surface area contributed by atoms with Crippen molar-refractivity contribution in [2.45, 2.75) is 31.8 Å². The highest BCUT2D eigenvalue weighted by atomic mass is 79.9. The number of halogens is 1. The van der Waals surface area contributed by atoms with Crippen LogP contribution in [0.1, 0.15) is 30.9 Å². The summed E-state index contributed by atoms with van der Waals surface area (Å²) < 4.78 is 1.04. The van der Waals surface area contributed by atoms with Crippen LogP contribution in [0.3, 0.4) is 0 Å². The first-order chi connectivity index (χ1) is 9.08. The van der Waals surface area contributed by atoms with E-state index < -0.39 is 5.60 Å². The van der Waals surface area contributed by atoms with Gasteiger partial charge in [0.15, 0.2) is 0 Å². The molecule has 1 N–H and O–H groups in total. The maximum absolute atomic E-state index is 10.5. The molecular formula is C17H19BrO. The van der Waals surface area contributed by atoms with Crippen molar-refractivity contribution in [2.75, 3.05) is 0 Å². The molecule has 2 rings (SSSR count). The number of rotatable bonds is 5. The first-order valence-electron chi connectivity index (χ1n) is 6.60. The summed E-state index contributed by atoms with van der Waals surface area (Å²) in [4.78, 5) is 0. The maximum atomic E-state index is 10.5. The lowest BCUT2D eigenvalue weighted by molar-refractivity contribution is 0.0457. The van der Waals surface area contributed by atoms with Gasteiger partial charge in [-0.2, -0.15) is 0 Å². The normalized spacial score (nSPS) is 14.1. The van der Waals surface area contributed by atoms with Crippen LogP contribution in [-0.4, -0.2) is 5.11 Å². The smallest absolute Gasteiger partial charge is 0.0868 e. The van der Waals surface area contributed by atoms with E-state index in [1.54, 1.807) is 0 Å². The average molecular weight is 319 g/mol. The lowest BCUT2D eigenvalue weighted by Gasteiger charge is -2.24. The van der Waals surface area contributed by atoms with Gasteiger partial charge in [-0.05, 0) is 49.4 Å². The van der Waals surface area contributed by atoms with Gasteiger partial charge < -0.3 is 5.11 Å². The molecule has 1 nitrogen and oxygen atoms in total. The Bertz CT molecular complexity index is 503. The summed E-state index contributed by atoms with van der Waals surface area (Å²) in [5, 5.41) is 10.5. The number of hydrogen-bond donors (Lipinski definition) is 1. The summed E-state index contributed by atoms with van der Waals surface area (Å²) in [5.74, 6) is 0. The van der Waals surface area contributed by atoms with Crippen LogP contribution >= 0.6 is 15.9 Å². The van der Waals surface area contributed by atoms with Crippen LogP contribution in [0.4, 0.5) is 0 Å². The van der Waals surface area contributed by atoms with Gasteiger partial charge in [-0.3, -0.25) is 0 Å². The Hall–Kier alpha value is -1.12. The lowest BCUT2D eigenvalue weighted by Crippen LogP contribution is -2.21. The van der Waals surface area contributed by atoms with Crippen LogP contribution in [0.5, 0.6) is 0 Å². The summed E-state index contributed by atoms with van der Waals surface area (Å²) >= 11 is 3.41. The molecule has 19 heavy (non-hydrogen) atoms. The second-order valence-corrected chi connectivity index (χ2v) is 6.04. The zero-order valence-corrected chi connectivity index (χ0v) is 12.7. The highest BCUT2D eigenvalue weighted by molar-refractivity contribution is 9.10. The van der Waals surface area contributed by atoms with E-state index in [9.17, 15) is 5.11 Å².